The summed E-state index contributed by atoms with van der Waals surface area (Å²) in [6, 6.07) is 8.78. The molecule has 102 valence electrons. The van der Waals surface area contributed by atoms with E-state index in [4.69, 9.17) is 5.73 Å². The van der Waals surface area contributed by atoms with Crippen LogP contribution in [0.1, 0.15) is 35.0 Å². The Bertz CT molecular complexity index is 538. The van der Waals surface area contributed by atoms with E-state index in [1.165, 1.54) is 22.4 Å². The third kappa shape index (κ3) is 3.04. The van der Waals surface area contributed by atoms with E-state index in [1.54, 1.807) is 0 Å². The number of hydrogen-bond acceptors (Lipinski definition) is 2. The molecule has 0 saturated carbocycles. The van der Waals surface area contributed by atoms with Gasteiger partial charge >= 0.3 is 0 Å². The fraction of sp³-hybridized carbons (Fsp3) is 0.438. The fourth-order valence-electron chi connectivity index (χ4n) is 2.45. The number of nitrogens with two attached hydrogens (primary N) is 1. The Morgan fingerprint density at radius 2 is 1.74 bits per heavy atom. The molecule has 3 nitrogen and oxygen atoms in total. The molecule has 2 N–H and O–H groups in total. The predicted octanol–water partition coefficient (Wildman–Crippen LogP) is 2.61. The molecule has 3 heteroatoms. The molecule has 0 atom stereocenters. The van der Waals surface area contributed by atoms with Crippen LogP contribution in [-0.2, 0) is 19.4 Å². The summed E-state index contributed by atoms with van der Waals surface area (Å²) in [4.78, 5) is 0. The third-order valence-corrected chi connectivity index (χ3v) is 3.69. The fourth-order valence-corrected chi connectivity index (χ4v) is 2.45. The Kier molecular flexibility index (Phi) is 4.38. The van der Waals surface area contributed by atoms with E-state index < -0.39 is 0 Å². The van der Waals surface area contributed by atoms with Crippen molar-refractivity contribution < 1.29 is 0 Å². The summed E-state index contributed by atoms with van der Waals surface area (Å²) in [6.45, 7) is 7.88. The van der Waals surface area contributed by atoms with Crippen molar-refractivity contribution in [3.8, 4) is 0 Å². The van der Waals surface area contributed by atoms with Gasteiger partial charge in [0.25, 0.3) is 0 Å². The zero-order valence-corrected chi connectivity index (χ0v) is 12.1. The standard InChI is InChI=1S/C16H23N3/c1-4-14-5-7-15(8-6-14)11-19-13(3)16(9-10-17)12(2)18-19/h5-8H,4,9-11,17H2,1-3H3. The van der Waals surface area contributed by atoms with Crippen molar-refractivity contribution >= 4 is 0 Å². The van der Waals surface area contributed by atoms with Crippen LogP contribution in [0, 0.1) is 13.8 Å². The van der Waals surface area contributed by atoms with Gasteiger partial charge in [0.05, 0.1) is 12.2 Å². The second-order valence-corrected chi connectivity index (χ2v) is 5.02. The van der Waals surface area contributed by atoms with Crippen molar-refractivity contribution in [2.45, 2.75) is 40.2 Å². The molecule has 0 unspecified atom stereocenters. The van der Waals surface area contributed by atoms with E-state index in [9.17, 15) is 0 Å². The second kappa shape index (κ2) is 6.02. The monoisotopic (exact) mass is 257 g/mol. The molecule has 0 amide bonds. The molecule has 0 radical (unpaired) electrons. The average Bonchev–Trinajstić information content (AvgIpc) is 2.68. The minimum absolute atomic E-state index is 0.679. The largest absolute Gasteiger partial charge is 0.330 e. The maximum atomic E-state index is 5.66. The van der Waals surface area contributed by atoms with Gasteiger partial charge in [0.1, 0.15) is 0 Å². The van der Waals surface area contributed by atoms with Crippen LogP contribution < -0.4 is 5.73 Å². The van der Waals surface area contributed by atoms with Gasteiger partial charge in [-0.3, -0.25) is 4.68 Å². The van der Waals surface area contributed by atoms with Gasteiger partial charge in [0, 0.05) is 5.69 Å². The van der Waals surface area contributed by atoms with Crippen molar-refractivity contribution in [2.24, 2.45) is 5.73 Å². The molecular formula is C16H23N3. The highest BCUT2D eigenvalue weighted by molar-refractivity contribution is 5.27. The average molecular weight is 257 g/mol. The number of hydrogen-bond donors (Lipinski definition) is 1. The summed E-state index contributed by atoms with van der Waals surface area (Å²) in [5.74, 6) is 0. The van der Waals surface area contributed by atoms with Gasteiger partial charge in [-0.05, 0) is 49.9 Å². The van der Waals surface area contributed by atoms with Crippen LogP contribution in [0.25, 0.3) is 0 Å². The number of nitrogens with zero attached hydrogens (tertiary/aromatic N) is 2. The summed E-state index contributed by atoms with van der Waals surface area (Å²) in [6.07, 6.45) is 1.99. The lowest BCUT2D eigenvalue weighted by Gasteiger charge is -2.06. The van der Waals surface area contributed by atoms with Crippen LogP contribution in [0.15, 0.2) is 24.3 Å². The molecule has 1 heterocycles. The number of aryl methyl sites for hydroxylation is 2. The molecular weight excluding hydrogens is 234 g/mol. The highest BCUT2D eigenvalue weighted by atomic mass is 15.3. The van der Waals surface area contributed by atoms with E-state index in [2.05, 4.69) is 54.8 Å². The van der Waals surface area contributed by atoms with E-state index in [1.807, 2.05) is 0 Å². The first-order chi connectivity index (χ1) is 9.15. The quantitative estimate of drug-likeness (QED) is 0.894. The topological polar surface area (TPSA) is 43.8 Å². The first-order valence-corrected chi connectivity index (χ1v) is 6.96. The molecule has 1 aromatic carbocycles. The van der Waals surface area contributed by atoms with Gasteiger partial charge in [-0.1, -0.05) is 31.2 Å². The summed E-state index contributed by atoms with van der Waals surface area (Å²) in [5, 5.41) is 4.63. The highest BCUT2D eigenvalue weighted by Gasteiger charge is 2.10. The molecule has 2 rings (SSSR count). The second-order valence-electron chi connectivity index (χ2n) is 5.02. The lowest BCUT2D eigenvalue weighted by Crippen LogP contribution is -2.06. The molecule has 0 aliphatic rings. The Morgan fingerprint density at radius 1 is 1.11 bits per heavy atom. The van der Waals surface area contributed by atoms with Crippen molar-refractivity contribution in [1.29, 1.82) is 0 Å². The first-order valence-electron chi connectivity index (χ1n) is 6.96. The van der Waals surface area contributed by atoms with Crippen LogP contribution in [0.4, 0.5) is 0 Å². The first kappa shape index (κ1) is 13.8. The summed E-state index contributed by atoms with van der Waals surface area (Å²) >= 11 is 0. The van der Waals surface area contributed by atoms with Crippen LogP contribution in [0.3, 0.4) is 0 Å². The van der Waals surface area contributed by atoms with Gasteiger partial charge in [-0.2, -0.15) is 5.10 Å². The minimum atomic E-state index is 0.679. The molecule has 2 aromatic rings. The lowest BCUT2D eigenvalue weighted by molar-refractivity contribution is 0.657. The van der Waals surface area contributed by atoms with E-state index >= 15 is 0 Å². The lowest BCUT2D eigenvalue weighted by atomic mass is 10.1. The van der Waals surface area contributed by atoms with Crippen LogP contribution in [0.5, 0.6) is 0 Å². The van der Waals surface area contributed by atoms with Gasteiger partial charge in [-0.25, -0.2) is 0 Å². The highest BCUT2D eigenvalue weighted by Crippen LogP contribution is 2.15. The molecule has 0 spiro atoms. The maximum absolute atomic E-state index is 5.66. The van der Waals surface area contributed by atoms with E-state index in [-0.39, 0.29) is 0 Å². The summed E-state index contributed by atoms with van der Waals surface area (Å²) in [7, 11) is 0. The Hall–Kier alpha value is -1.61. The zero-order valence-electron chi connectivity index (χ0n) is 12.1. The van der Waals surface area contributed by atoms with Crippen molar-refractivity contribution in [3.05, 3.63) is 52.3 Å². The van der Waals surface area contributed by atoms with Crippen LogP contribution >= 0.6 is 0 Å². The molecule has 0 bridgehead atoms. The van der Waals surface area contributed by atoms with Gasteiger partial charge in [0.2, 0.25) is 0 Å². The Morgan fingerprint density at radius 3 is 2.32 bits per heavy atom. The minimum Gasteiger partial charge on any atom is -0.330 e. The molecule has 1 aromatic heterocycles. The van der Waals surface area contributed by atoms with Crippen molar-refractivity contribution in [3.63, 3.8) is 0 Å². The van der Waals surface area contributed by atoms with Gasteiger partial charge in [-0.15, -0.1) is 0 Å². The summed E-state index contributed by atoms with van der Waals surface area (Å²) in [5.41, 5.74) is 12.0. The van der Waals surface area contributed by atoms with Gasteiger partial charge < -0.3 is 5.73 Å². The molecule has 0 aliphatic heterocycles. The van der Waals surface area contributed by atoms with Gasteiger partial charge in [0.15, 0.2) is 0 Å². The third-order valence-electron chi connectivity index (χ3n) is 3.69. The van der Waals surface area contributed by atoms with Crippen molar-refractivity contribution in [2.75, 3.05) is 6.54 Å². The molecule has 19 heavy (non-hydrogen) atoms. The van der Waals surface area contributed by atoms with Crippen LogP contribution in [-0.4, -0.2) is 16.3 Å². The maximum Gasteiger partial charge on any atom is 0.0662 e. The molecule has 0 saturated heterocycles. The molecule has 0 aliphatic carbocycles. The zero-order chi connectivity index (χ0) is 13.8. The van der Waals surface area contributed by atoms with Crippen LogP contribution in [0.2, 0.25) is 0 Å². The Balaban J connectivity index is 2.20. The molecule has 0 fully saturated rings. The van der Waals surface area contributed by atoms with Crippen molar-refractivity contribution in [1.82, 2.24) is 9.78 Å². The Labute approximate surface area is 115 Å². The normalized spacial score (nSPS) is 10.9. The number of aromatic nitrogens is 2. The number of rotatable bonds is 5. The SMILES string of the molecule is CCc1ccc(Cn2nc(C)c(CCN)c2C)cc1. The predicted molar refractivity (Wildman–Crippen MR) is 79.4 cm³/mol. The summed E-state index contributed by atoms with van der Waals surface area (Å²) < 4.78 is 2.08. The van der Waals surface area contributed by atoms with E-state index in [0.717, 1.165) is 25.1 Å². The number of benzene rings is 1. The van der Waals surface area contributed by atoms with E-state index in [0.29, 0.717) is 6.54 Å². The smallest absolute Gasteiger partial charge is 0.0662 e.